The van der Waals surface area contributed by atoms with Gasteiger partial charge in [0.1, 0.15) is 0 Å². The van der Waals surface area contributed by atoms with Gasteiger partial charge >= 0.3 is 0 Å². The summed E-state index contributed by atoms with van der Waals surface area (Å²) < 4.78 is 29.4. The Morgan fingerprint density at radius 3 is 2.12 bits per heavy atom. The second-order valence-corrected chi connectivity index (χ2v) is 3.62. The van der Waals surface area contributed by atoms with Gasteiger partial charge in [0.15, 0.2) is 0 Å². The lowest BCUT2D eigenvalue weighted by Crippen LogP contribution is -2.03. The van der Waals surface area contributed by atoms with E-state index < -0.39 is 10.1 Å². The molecule has 0 bridgehead atoms. The van der Waals surface area contributed by atoms with Crippen molar-refractivity contribution in [3.8, 4) is 0 Å². The number of rotatable bonds is 3. The van der Waals surface area contributed by atoms with Gasteiger partial charge < -0.3 is 4.55 Å². The van der Waals surface area contributed by atoms with Crippen LogP contribution in [-0.4, -0.2) is 24.1 Å². The van der Waals surface area contributed by atoms with Gasteiger partial charge in [0.2, 0.25) is 0 Å². The maximum atomic E-state index is 9.81. The highest BCUT2D eigenvalue weighted by molar-refractivity contribution is 9.09. The smallest absolute Gasteiger partial charge is 0.0946 e. The van der Waals surface area contributed by atoms with Crippen molar-refractivity contribution in [2.45, 2.75) is 6.42 Å². The maximum Gasteiger partial charge on any atom is 0.0946 e. The summed E-state index contributed by atoms with van der Waals surface area (Å²) in [6.07, 6.45) is 0.395. The van der Waals surface area contributed by atoms with Gasteiger partial charge in [0.05, 0.1) is 10.1 Å². The summed E-state index contributed by atoms with van der Waals surface area (Å²) in [6, 6.07) is 0. The van der Waals surface area contributed by atoms with Crippen molar-refractivity contribution in [3.05, 3.63) is 0 Å². The third kappa shape index (κ3) is 6.39. The van der Waals surface area contributed by atoms with E-state index in [2.05, 4.69) is 15.9 Å². The Morgan fingerprint density at radius 1 is 1.50 bits per heavy atom. The Hall–Kier alpha value is 0.390. The summed E-state index contributed by atoms with van der Waals surface area (Å²) in [4.78, 5) is 0. The zero-order valence-electron chi connectivity index (χ0n) is 4.13. The summed E-state index contributed by atoms with van der Waals surface area (Å²) in [5.74, 6) is -0.266. The van der Waals surface area contributed by atoms with E-state index in [9.17, 15) is 13.0 Å². The number of hydrogen-bond acceptors (Lipinski definition) is 3. The SMILES string of the molecule is O=S(=O)([O-])CCCBr. The standard InChI is InChI=1S/C3H7BrO3S/c4-2-1-3-8(5,6)7/h1-3H2,(H,5,6,7)/p-1. The van der Waals surface area contributed by atoms with Gasteiger partial charge in [-0.2, -0.15) is 0 Å². The molecule has 0 aromatic carbocycles. The van der Waals surface area contributed by atoms with Crippen LogP contribution in [0.3, 0.4) is 0 Å². The van der Waals surface area contributed by atoms with Crippen LogP contribution in [0, 0.1) is 0 Å². The highest BCUT2D eigenvalue weighted by atomic mass is 79.9. The minimum Gasteiger partial charge on any atom is -0.748 e. The molecule has 50 valence electrons. The van der Waals surface area contributed by atoms with E-state index in [0.717, 1.165) is 0 Å². The van der Waals surface area contributed by atoms with Gasteiger partial charge in [-0.15, -0.1) is 0 Å². The van der Waals surface area contributed by atoms with Crippen LogP contribution in [-0.2, 0) is 10.1 Å². The van der Waals surface area contributed by atoms with Crippen molar-refractivity contribution < 1.29 is 13.0 Å². The van der Waals surface area contributed by atoms with Crippen LogP contribution in [0.2, 0.25) is 0 Å². The zero-order valence-corrected chi connectivity index (χ0v) is 6.53. The van der Waals surface area contributed by atoms with E-state index in [1.165, 1.54) is 0 Å². The van der Waals surface area contributed by atoms with Crippen LogP contribution < -0.4 is 0 Å². The Kier molecular flexibility index (Phi) is 3.59. The van der Waals surface area contributed by atoms with Gasteiger partial charge in [0, 0.05) is 11.1 Å². The quantitative estimate of drug-likeness (QED) is 0.489. The number of halogens is 1. The molecule has 5 heteroatoms. The van der Waals surface area contributed by atoms with Crippen LogP contribution in [0.1, 0.15) is 6.42 Å². The summed E-state index contributed by atoms with van der Waals surface area (Å²) in [5, 5.41) is 0.564. The topological polar surface area (TPSA) is 57.2 Å². The van der Waals surface area contributed by atoms with Crippen LogP contribution in [0.15, 0.2) is 0 Å². The highest BCUT2D eigenvalue weighted by Gasteiger charge is 1.90. The Morgan fingerprint density at radius 2 is 2.00 bits per heavy atom. The fourth-order valence-corrected chi connectivity index (χ4v) is 1.38. The summed E-state index contributed by atoms with van der Waals surface area (Å²) in [5.41, 5.74) is 0. The van der Waals surface area contributed by atoms with E-state index in [1.807, 2.05) is 0 Å². The Labute approximate surface area is 57.0 Å². The minimum atomic E-state index is -3.97. The van der Waals surface area contributed by atoms with E-state index in [4.69, 9.17) is 0 Å². The first-order valence-electron chi connectivity index (χ1n) is 2.06. The summed E-state index contributed by atoms with van der Waals surface area (Å²) in [6.45, 7) is 0. The van der Waals surface area contributed by atoms with Crippen molar-refractivity contribution in [2.75, 3.05) is 11.1 Å². The van der Waals surface area contributed by atoms with Crippen LogP contribution in [0.5, 0.6) is 0 Å². The monoisotopic (exact) mass is 201 g/mol. The summed E-state index contributed by atoms with van der Waals surface area (Å²) in [7, 11) is -3.97. The van der Waals surface area contributed by atoms with Gasteiger partial charge in [-0.05, 0) is 6.42 Å². The summed E-state index contributed by atoms with van der Waals surface area (Å²) >= 11 is 3.00. The minimum absolute atomic E-state index is 0.266. The van der Waals surface area contributed by atoms with Crippen molar-refractivity contribution in [1.82, 2.24) is 0 Å². The lowest BCUT2D eigenvalue weighted by atomic mass is 10.6. The second-order valence-electron chi connectivity index (χ2n) is 1.30. The van der Waals surface area contributed by atoms with Crippen LogP contribution >= 0.6 is 15.9 Å². The van der Waals surface area contributed by atoms with Crippen LogP contribution in [0.25, 0.3) is 0 Å². The molecule has 0 aliphatic rings. The van der Waals surface area contributed by atoms with Gasteiger partial charge in [-0.3, -0.25) is 0 Å². The van der Waals surface area contributed by atoms with Gasteiger partial charge in [0.25, 0.3) is 0 Å². The molecule has 0 atom stereocenters. The molecule has 0 aromatic heterocycles. The van der Waals surface area contributed by atoms with E-state index in [0.29, 0.717) is 11.8 Å². The molecule has 0 aliphatic heterocycles. The first-order valence-corrected chi connectivity index (χ1v) is 4.75. The van der Waals surface area contributed by atoms with Crippen molar-refractivity contribution in [2.24, 2.45) is 0 Å². The number of hydrogen-bond donors (Lipinski definition) is 0. The molecular weight excluding hydrogens is 196 g/mol. The van der Waals surface area contributed by atoms with Gasteiger partial charge in [-0.1, -0.05) is 15.9 Å². The average Bonchev–Trinajstić information content (AvgIpc) is 1.59. The molecule has 0 radical (unpaired) electrons. The largest absolute Gasteiger partial charge is 0.748 e. The first kappa shape index (κ1) is 8.39. The molecule has 0 heterocycles. The fraction of sp³-hybridized carbons (Fsp3) is 1.00. The predicted octanol–water partition coefficient (Wildman–Crippen LogP) is 0.317. The zero-order chi connectivity index (χ0) is 6.62. The fourth-order valence-electron chi connectivity index (χ4n) is 0.231. The Balaban J connectivity index is 3.42. The molecule has 0 saturated heterocycles. The Bertz CT molecular complexity index is 139. The molecule has 0 amide bonds. The first-order chi connectivity index (χ1) is 3.56. The second kappa shape index (κ2) is 3.42. The lowest BCUT2D eigenvalue weighted by Gasteiger charge is -2.02. The molecule has 0 aliphatic carbocycles. The normalized spacial score (nSPS) is 11.8. The molecule has 0 rings (SSSR count). The van der Waals surface area contributed by atoms with Crippen LogP contribution in [0.4, 0.5) is 0 Å². The molecule has 0 unspecified atom stereocenters. The molecule has 0 spiro atoms. The maximum absolute atomic E-state index is 9.81. The van der Waals surface area contributed by atoms with E-state index >= 15 is 0 Å². The lowest BCUT2D eigenvalue weighted by molar-refractivity contribution is 0.462. The van der Waals surface area contributed by atoms with Crippen molar-refractivity contribution in [1.29, 1.82) is 0 Å². The highest BCUT2D eigenvalue weighted by Crippen LogP contribution is 1.91. The molecule has 0 N–H and O–H groups in total. The van der Waals surface area contributed by atoms with Crippen molar-refractivity contribution >= 4 is 26.0 Å². The molecule has 8 heavy (non-hydrogen) atoms. The third-order valence-electron chi connectivity index (χ3n) is 0.528. The van der Waals surface area contributed by atoms with E-state index in [-0.39, 0.29) is 5.75 Å². The molecule has 0 fully saturated rings. The third-order valence-corrected chi connectivity index (χ3v) is 1.88. The molecule has 0 saturated carbocycles. The molecule has 3 nitrogen and oxygen atoms in total. The van der Waals surface area contributed by atoms with E-state index in [1.54, 1.807) is 0 Å². The average molecular weight is 202 g/mol. The molecule has 0 aromatic rings. The number of alkyl halides is 1. The van der Waals surface area contributed by atoms with Crippen molar-refractivity contribution in [3.63, 3.8) is 0 Å². The molecular formula is C3H6BrO3S-. The van der Waals surface area contributed by atoms with Gasteiger partial charge in [-0.25, -0.2) is 8.42 Å². The predicted molar refractivity (Wildman–Crippen MR) is 33.0 cm³/mol.